The fourth-order valence-corrected chi connectivity index (χ4v) is 3.36. The molecule has 110 valence electrons. The van der Waals surface area contributed by atoms with Gasteiger partial charge in [-0.3, -0.25) is 0 Å². The van der Waals surface area contributed by atoms with E-state index in [1.165, 1.54) is 37.1 Å². The van der Waals surface area contributed by atoms with Crippen LogP contribution in [0.5, 0.6) is 0 Å². The molecule has 3 rings (SSSR count). The average molecular weight is 274 g/mol. The minimum atomic E-state index is 0.642. The molecular weight excluding hydrogens is 248 g/mol. The summed E-state index contributed by atoms with van der Waals surface area (Å²) in [6.45, 7) is 6.07. The lowest BCUT2D eigenvalue weighted by molar-refractivity contribution is 0.122. The maximum atomic E-state index is 5.43. The second-order valence-corrected chi connectivity index (χ2v) is 6.16. The molecule has 0 unspecified atom stereocenters. The van der Waals surface area contributed by atoms with Gasteiger partial charge in [0.1, 0.15) is 0 Å². The Hall–Kier alpha value is -1.22. The van der Waals surface area contributed by atoms with Crippen molar-refractivity contribution in [2.75, 3.05) is 36.5 Å². The van der Waals surface area contributed by atoms with Crippen molar-refractivity contribution in [1.82, 2.24) is 0 Å². The lowest BCUT2D eigenvalue weighted by Gasteiger charge is -2.32. The normalized spacial score (nSPS) is 27.4. The van der Waals surface area contributed by atoms with Gasteiger partial charge in [0, 0.05) is 30.5 Å². The molecule has 2 atom stereocenters. The van der Waals surface area contributed by atoms with E-state index in [9.17, 15) is 0 Å². The molecule has 2 aliphatic rings. The Morgan fingerprint density at radius 3 is 2.75 bits per heavy atom. The number of morpholine rings is 1. The third-order valence-corrected chi connectivity index (χ3v) is 4.69. The van der Waals surface area contributed by atoms with Gasteiger partial charge in [0.15, 0.2) is 0 Å². The Morgan fingerprint density at radius 1 is 1.15 bits per heavy atom. The molecule has 0 amide bonds. The topological polar surface area (TPSA) is 24.5 Å². The first kappa shape index (κ1) is 13.7. The van der Waals surface area contributed by atoms with Gasteiger partial charge in [-0.05, 0) is 37.0 Å². The standard InChI is InChI=1S/C17H26N2O/c1-14-5-2-3-8-17(14)18-15-6-4-7-16(13-15)19-9-11-20-12-10-19/h4,6-7,13-14,17-18H,2-3,5,8-12H2,1H3/t14-,17+/m1/s1. The van der Waals surface area contributed by atoms with Crippen LogP contribution in [-0.4, -0.2) is 32.3 Å². The highest BCUT2D eigenvalue weighted by molar-refractivity contribution is 5.58. The fourth-order valence-electron chi connectivity index (χ4n) is 3.36. The number of nitrogens with zero attached hydrogens (tertiary/aromatic N) is 1. The van der Waals surface area contributed by atoms with E-state index >= 15 is 0 Å². The SMILES string of the molecule is C[C@@H]1CCCC[C@@H]1Nc1cccc(N2CCOCC2)c1. The second kappa shape index (κ2) is 6.49. The molecule has 1 saturated carbocycles. The molecular formula is C17H26N2O. The van der Waals surface area contributed by atoms with E-state index in [0.29, 0.717) is 6.04 Å². The summed E-state index contributed by atoms with van der Waals surface area (Å²) in [6.07, 6.45) is 5.43. The Morgan fingerprint density at radius 2 is 1.95 bits per heavy atom. The Bertz CT molecular complexity index is 429. The molecule has 1 aliphatic carbocycles. The van der Waals surface area contributed by atoms with Crippen molar-refractivity contribution >= 4 is 11.4 Å². The Kier molecular flexibility index (Phi) is 4.46. The highest BCUT2D eigenvalue weighted by Crippen LogP contribution is 2.28. The van der Waals surface area contributed by atoms with Crippen LogP contribution in [0.25, 0.3) is 0 Å². The molecule has 2 fully saturated rings. The smallest absolute Gasteiger partial charge is 0.0642 e. The van der Waals surface area contributed by atoms with Gasteiger partial charge in [0.05, 0.1) is 13.2 Å². The van der Waals surface area contributed by atoms with Crippen molar-refractivity contribution in [3.05, 3.63) is 24.3 Å². The van der Waals surface area contributed by atoms with E-state index < -0.39 is 0 Å². The molecule has 1 saturated heterocycles. The first-order valence-corrected chi connectivity index (χ1v) is 8.02. The summed E-state index contributed by atoms with van der Waals surface area (Å²) in [7, 11) is 0. The van der Waals surface area contributed by atoms with Gasteiger partial charge < -0.3 is 15.0 Å². The zero-order valence-electron chi connectivity index (χ0n) is 12.5. The monoisotopic (exact) mass is 274 g/mol. The zero-order chi connectivity index (χ0) is 13.8. The van der Waals surface area contributed by atoms with Crippen LogP contribution in [0.1, 0.15) is 32.6 Å². The molecule has 1 aromatic rings. The molecule has 1 N–H and O–H groups in total. The lowest BCUT2D eigenvalue weighted by atomic mass is 9.86. The highest BCUT2D eigenvalue weighted by Gasteiger charge is 2.21. The van der Waals surface area contributed by atoms with Crippen LogP contribution < -0.4 is 10.2 Å². The van der Waals surface area contributed by atoms with Crippen molar-refractivity contribution in [2.45, 2.75) is 38.6 Å². The minimum Gasteiger partial charge on any atom is -0.382 e. The van der Waals surface area contributed by atoms with Gasteiger partial charge in [-0.25, -0.2) is 0 Å². The molecule has 3 nitrogen and oxygen atoms in total. The minimum absolute atomic E-state index is 0.642. The lowest BCUT2D eigenvalue weighted by Crippen LogP contribution is -2.36. The number of rotatable bonds is 3. The molecule has 1 heterocycles. The third kappa shape index (κ3) is 3.26. The molecule has 0 spiro atoms. The van der Waals surface area contributed by atoms with Crippen molar-refractivity contribution in [3.63, 3.8) is 0 Å². The van der Waals surface area contributed by atoms with Crippen LogP contribution in [-0.2, 0) is 4.74 Å². The summed E-state index contributed by atoms with van der Waals surface area (Å²) in [6, 6.07) is 9.52. The van der Waals surface area contributed by atoms with E-state index in [1.807, 2.05) is 0 Å². The van der Waals surface area contributed by atoms with Gasteiger partial charge in [-0.2, -0.15) is 0 Å². The summed E-state index contributed by atoms with van der Waals surface area (Å²) in [5.41, 5.74) is 2.59. The van der Waals surface area contributed by atoms with Crippen LogP contribution in [0.2, 0.25) is 0 Å². The van der Waals surface area contributed by atoms with Crippen LogP contribution in [0.4, 0.5) is 11.4 Å². The molecule has 20 heavy (non-hydrogen) atoms. The van der Waals surface area contributed by atoms with Gasteiger partial charge in [0.25, 0.3) is 0 Å². The number of benzene rings is 1. The molecule has 1 aromatic carbocycles. The Labute approximate surface area is 122 Å². The first-order chi connectivity index (χ1) is 9.83. The summed E-state index contributed by atoms with van der Waals surface area (Å²) >= 11 is 0. The third-order valence-electron chi connectivity index (χ3n) is 4.69. The summed E-state index contributed by atoms with van der Waals surface area (Å²) < 4.78 is 5.43. The van der Waals surface area contributed by atoms with Crippen LogP contribution in [0.3, 0.4) is 0 Å². The maximum Gasteiger partial charge on any atom is 0.0642 e. The maximum absolute atomic E-state index is 5.43. The van der Waals surface area contributed by atoms with E-state index in [-0.39, 0.29) is 0 Å². The second-order valence-electron chi connectivity index (χ2n) is 6.16. The number of nitrogens with one attached hydrogen (secondary N) is 1. The van der Waals surface area contributed by atoms with Crippen molar-refractivity contribution in [3.8, 4) is 0 Å². The predicted molar refractivity (Wildman–Crippen MR) is 84.5 cm³/mol. The van der Waals surface area contributed by atoms with Crippen LogP contribution >= 0.6 is 0 Å². The molecule has 0 aromatic heterocycles. The highest BCUT2D eigenvalue weighted by atomic mass is 16.5. The van der Waals surface area contributed by atoms with Gasteiger partial charge >= 0.3 is 0 Å². The number of hydrogen-bond acceptors (Lipinski definition) is 3. The molecule has 0 bridgehead atoms. The van der Waals surface area contributed by atoms with Crippen LogP contribution in [0, 0.1) is 5.92 Å². The first-order valence-electron chi connectivity index (χ1n) is 8.02. The largest absolute Gasteiger partial charge is 0.382 e. The van der Waals surface area contributed by atoms with Crippen LogP contribution in [0.15, 0.2) is 24.3 Å². The van der Waals surface area contributed by atoms with Gasteiger partial charge in [-0.1, -0.05) is 25.8 Å². The van der Waals surface area contributed by atoms with Crippen molar-refractivity contribution in [2.24, 2.45) is 5.92 Å². The summed E-state index contributed by atoms with van der Waals surface area (Å²) in [5, 5.41) is 3.75. The van der Waals surface area contributed by atoms with E-state index in [2.05, 4.69) is 41.4 Å². The van der Waals surface area contributed by atoms with Crippen molar-refractivity contribution in [1.29, 1.82) is 0 Å². The quantitative estimate of drug-likeness (QED) is 0.913. The average Bonchev–Trinajstić information content (AvgIpc) is 2.51. The van der Waals surface area contributed by atoms with Gasteiger partial charge in [-0.15, -0.1) is 0 Å². The van der Waals surface area contributed by atoms with Crippen molar-refractivity contribution < 1.29 is 4.74 Å². The molecule has 3 heteroatoms. The zero-order valence-corrected chi connectivity index (χ0v) is 12.5. The van der Waals surface area contributed by atoms with E-state index in [0.717, 1.165) is 32.2 Å². The van der Waals surface area contributed by atoms with E-state index in [1.54, 1.807) is 0 Å². The Balaban J connectivity index is 1.67. The summed E-state index contributed by atoms with van der Waals surface area (Å²) in [4.78, 5) is 2.42. The fraction of sp³-hybridized carbons (Fsp3) is 0.647. The number of ether oxygens (including phenoxy) is 1. The molecule has 0 radical (unpaired) electrons. The van der Waals surface area contributed by atoms with E-state index in [4.69, 9.17) is 4.74 Å². The number of hydrogen-bond donors (Lipinski definition) is 1. The summed E-state index contributed by atoms with van der Waals surface area (Å²) in [5.74, 6) is 0.788. The molecule has 1 aliphatic heterocycles. The predicted octanol–water partition coefficient (Wildman–Crippen LogP) is 3.51. The number of anilines is 2. The van der Waals surface area contributed by atoms with Gasteiger partial charge in [0.2, 0.25) is 0 Å².